The van der Waals surface area contributed by atoms with Crippen LogP contribution in [0.2, 0.25) is 0 Å². The molecule has 0 aliphatic heterocycles. The molecule has 2 aromatic carbocycles. The van der Waals surface area contributed by atoms with Crippen molar-refractivity contribution in [1.29, 1.82) is 0 Å². The number of ether oxygens (including phenoxy) is 2. The Bertz CT molecular complexity index is 832. The number of hydrogen-bond donors (Lipinski definition) is 2. The monoisotopic (exact) mass is 358 g/mol. The summed E-state index contributed by atoms with van der Waals surface area (Å²) >= 11 is 0. The quantitative estimate of drug-likeness (QED) is 0.778. The second-order valence-electron chi connectivity index (χ2n) is 6.06. The predicted molar refractivity (Wildman–Crippen MR) is 94.9 cm³/mol. The molecule has 7 heteroatoms. The molecule has 0 spiro atoms. The second kappa shape index (κ2) is 7.03. The van der Waals surface area contributed by atoms with Gasteiger partial charge in [-0.3, -0.25) is 9.59 Å². The molecule has 0 unspecified atom stereocenters. The summed E-state index contributed by atoms with van der Waals surface area (Å²) in [5.41, 5.74) is -0.226. The summed E-state index contributed by atoms with van der Waals surface area (Å²) in [6, 6.07) is 10.4. The number of rotatable bonds is 6. The van der Waals surface area contributed by atoms with Gasteiger partial charge in [-0.05, 0) is 49.2 Å². The first-order valence-electron chi connectivity index (χ1n) is 8.09. The summed E-state index contributed by atoms with van der Waals surface area (Å²) in [5.74, 6) is -0.175. The number of nitrogens with one attached hydrogen (secondary N) is 2. The number of carbonyl (C=O) groups is 2. The highest BCUT2D eigenvalue weighted by Gasteiger charge is 2.56. The highest BCUT2D eigenvalue weighted by Crippen LogP contribution is 2.48. The molecular formula is C19H19FN2O4. The Morgan fingerprint density at radius 1 is 0.962 bits per heavy atom. The minimum atomic E-state index is -1.13. The van der Waals surface area contributed by atoms with Crippen LogP contribution in [-0.2, 0) is 9.59 Å². The Kier molecular flexibility index (Phi) is 4.79. The average molecular weight is 358 g/mol. The van der Waals surface area contributed by atoms with E-state index in [0.29, 0.717) is 35.7 Å². The SMILES string of the molecule is COc1ccc(NC(=O)C2(C(=O)Nc3ccc(F)cc3)CC2)c(OC)c1. The Hall–Kier alpha value is -3.09. The van der Waals surface area contributed by atoms with Gasteiger partial charge in [-0.15, -0.1) is 0 Å². The lowest BCUT2D eigenvalue weighted by Crippen LogP contribution is -2.35. The van der Waals surface area contributed by atoms with Gasteiger partial charge < -0.3 is 20.1 Å². The van der Waals surface area contributed by atoms with Crippen LogP contribution in [0.4, 0.5) is 15.8 Å². The summed E-state index contributed by atoms with van der Waals surface area (Å²) in [4.78, 5) is 25.2. The number of amides is 2. The van der Waals surface area contributed by atoms with Crippen molar-refractivity contribution < 1.29 is 23.5 Å². The molecule has 1 saturated carbocycles. The van der Waals surface area contributed by atoms with E-state index in [1.54, 1.807) is 18.2 Å². The van der Waals surface area contributed by atoms with E-state index in [0.717, 1.165) is 0 Å². The van der Waals surface area contributed by atoms with Crippen molar-refractivity contribution in [1.82, 2.24) is 0 Å². The van der Waals surface area contributed by atoms with Gasteiger partial charge in [0.2, 0.25) is 11.8 Å². The first-order chi connectivity index (χ1) is 12.5. The summed E-state index contributed by atoms with van der Waals surface area (Å²) in [6.07, 6.45) is 0.897. The zero-order valence-corrected chi connectivity index (χ0v) is 14.5. The van der Waals surface area contributed by atoms with Crippen molar-refractivity contribution in [2.24, 2.45) is 5.41 Å². The maximum absolute atomic E-state index is 13.0. The van der Waals surface area contributed by atoms with Crippen LogP contribution in [0.25, 0.3) is 0 Å². The third kappa shape index (κ3) is 3.46. The molecule has 0 aromatic heterocycles. The van der Waals surface area contributed by atoms with Crippen LogP contribution in [0, 0.1) is 11.2 Å². The van der Waals surface area contributed by atoms with E-state index in [-0.39, 0.29) is 0 Å². The van der Waals surface area contributed by atoms with Gasteiger partial charge >= 0.3 is 0 Å². The van der Waals surface area contributed by atoms with Crippen molar-refractivity contribution in [3.63, 3.8) is 0 Å². The lowest BCUT2D eigenvalue weighted by Gasteiger charge is -2.17. The minimum absolute atomic E-state index is 0.395. The summed E-state index contributed by atoms with van der Waals surface area (Å²) < 4.78 is 23.4. The summed E-state index contributed by atoms with van der Waals surface area (Å²) in [5, 5.41) is 5.42. The smallest absolute Gasteiger partial charge is 0.240 e. The van der Waals surface area contributed by atoms with Crippen LogP contribution < -0.4 is 20.1 Å². The Morgan fingerprint density at radius 3 is 2.19 bits per heavy atom. The van der Waals surface area contributed by atoms with Crippen molar-refractivity contribution in [2.45, 2.75) is 12.8 Å². The lowest BCUT2D eigenvalue weighted by atomic mass is 10.0. The van der Waals surface area contributed by atoms with Crippen LogP contribution in [0.5, 0.6) is 11.5 Å². The van der Waals surface area contributed by atoms with Gasteiger partial charge in [-0.2, -0.15) is 0 Å². The van der Waals surface area contributed by atoms with E-state index in [1.165, 1.54) is 38.5 Å². The van der Waals surface area contributed by atoms with E-state index in [2.05, 4.69) is 10.6 Å². The first kappa shape index (κ1) is 17.7. The van der Waals surface area contributed by atoms with Crippen LogP contribution in [0.15, 0.2) is 42.5 Å². The fourth-order valence-electron chi connectivity index (χ4n) is 2.61. The fourth-order valence-corrected chi connectivity index (χ4v) is 2.61. The molecule has 3 rings (SSSR count). The Morgan fingerprint density at radius 2 is 1.62 bits per heavy atom. The van der Waals surface area contributed by atoms with E-state index in [9.17, 15) is 14.0 Å². The van der Waals surface area contributed by atoms with Gasteiger partial charge in [0, 0.05) is 11.8 Å². The molecule has 6 nitrogen and oxygen atoms in total. The molecule has 26 heavy (non-hydrogen) atoms. The third-order valence-electron chi connectivity index (χ3n) is 4.38. The van der Waals surface area contributed by atoms with Crippen molar-refractivity contribution in [3.05, 3.63) is 48.3 Å². The number of anilines is 2. The van der Waals surface area contributed by atoms with Crippen LogP contribution >= 0.6 is 0 Å². The summed E-state index contributed by atoms with van der Waals surface area (Å²) in [7, 11) is 3.02. The van der Waals surface area contributed by atoms with Crippen LogP contribution in [0.1, 0.15) is 12.8 Å². The standard InChI is InChI=1S/C19H19FN2O4/c1-25-14-7-8-15(16(11-14)26-2)22-18(24)19(9-10-19)17(23)21-13-5-3-12(20)4-6-13/h3-8,11H,9-10H2,1-2H3,(H,21,23)(H,22,24). The molecule has 1 aliphatic rings. The van der Waals surface area contributed by atoms with Crippen LogP contribution in [0.3, 0.4) is 0 Å². The highest BCUT2D eigenvalue weighted by molar-refractivity contribution is 6.17. The van der Waals surface area contributed by atoms with Gasteiger partial charge in [-0.1, -0.05) is 0 Å². The molecule has 0 heterocycles. The number of halogens is 1. The van der Waals surface area contributed by atoms with Gasteiger partial charge in [0.15, 0.2) is 0 Å². The third-order valence-corrected chi connectivity index (χ3v) is 4.38. The normalized spacial score (nSPS) is 14.3. The van der Waals surface area contributed by atoms with E-state index in [4.69, 9.17) is 9.47 Å². The largest absolute Gasteiger partial charge is 0.497 e. The number of carbonyl (C=O) groups excluding carboxylic acids is 2. The molecule has 0 radical (unpaired) electrons. The molecule has 0 atom stereocenters. The predicted octanol–water partition coefficient (Wildman–Crippen LogP) is 3.20. The van der Waals surface area contributed by atoms with Gasteiger partial charge in [0.05, 0.1) is 19.9 Å². The lowest BCUT2D eigenvalue weighted by molar-refractivity contribution is -0.131. The van der Waals surface area contributed by atoms with Crippen molar-refractivity contribution >= 4 is 23.2 Å². The van der Waals surface area contributed by atoms with Crippen molar-refractivity contribution in [3.8, 4) is 11.5 Å². The van der Waals surface area contributed by atoms with Gasteiger partial charge in [-0.25, -0.2) is 4.39 Å². The van der Waals surface area contributed by atoms with Crippen LogP contribution in [-0.4, -0.2) is 26.0 Å². The highest BCUT2D eigenvalue weighted by atomic mass is 19.1. The Balaban J connectivity index is 1.72. The van der Waals surface area contributed by atoms with Gasteiger partial charge in [0.1, 0.15) is 22.7 Å². The van der Waals surface area contributed by atoms with Gasteiger partial charge in [0.25, 0.3) is 0 Å². The number of benzene rings is 2. The zero-order valence-electron chi connectivity index (χ0n) is 14.5. The van der Waals surface area contributed by atoms with E-state index < -0.39 is 23.0 Å². The molecular weight excluding hydrogens is 339 g/mol. The molecule has 1 aliphatic carbocycles. The first-order valence-corrected chi connectivity index (χ1v) is 8.09. The molecule has 2 amide bonds. The fraction of sp³-hybridized carbons (Fsp3) is 0.263. The molecule has 0 saturated heterocycles. The molecule has 2 aromatic rings. The minimum Gasteiger partial charge on any atom is -0.497 e. The zero-order chi connectivity index (χ0) is 18.7. The molecule has 1 fully saturated rings. The maximum Gasteiger partial charge on any atom is 0.240 e. The summed E-state index contributed by atoms with van der Waals surface area (Å²) in [6.45, 7) is 0. The number of hydrogen-bond acceptors (Lipinski definition) is 4. The Labute approximate surface area is 150 Å². The van der Waals surface area contributed by atoms with Crippen molar-refractivity contribution in [2.75, 3.05) is 24.9 Å². The maximum atomic E-state index is 13.0. The average Bonchev–Trinajstić information content (AvgIpc) is 3.46. The second-order valence-corrected chi connectivity index (χ2v) is 6.06. The number of methoxy groups -OCH3 is 2. The molecule has 136 valence electrons. The topological polar surface area (TPSA) is 76.7 Å². The molecule has 0 bridgehead atoms. The molecule has 2 N–H and O–H groups in total. The van der Waals surface area contributed by atoms with E-state index in [1.807, 2.05) is 0 Å². The van der Waals surface area contributed by atoms with E-state index >= 15 is 0 Å².